The molecule has 3 nitrogen and oxygen atoms in total. The van der Waals surface area contributed by atoms with Gasteiger partial charge in [0, 0.05) is 56.4 Å². The first kappa shape index (κ1) is 32.0. The molecule has 0 N–H and O–H groups in total. The fourth-order valence-corrected chi connectivity index (χ4v) is 8.51. The van der Waals surface area contributed by atoms with Crippen molar-refractivity contribution in [2.45, 2.75) is 0 Å². The van der Waals surface area contributed by atoms with Crippen LogP contribution in [-0.4, -0.2) is 14.1 Å². The lowest BCUT2D eigenvalue weighted by Gasteiger charge is -2.12. The predicted molar refractivity (Wildman–Crippen MR) is 235 cm³/mol. The first-order valence-corrected chi connectivity index (χ1v) is 19.1. The zero-order valence-electron chi connectivity index (χ0n) is 30.5. The van der Waals surface area contributed by atoms with Gasteiger partial charge in [0.05, 0.1) is 22.1 Å². The van der Waals surface area contributed by atoms with Crippen molar-refractivity contribution < 1.29 is 0 Å². The summed E-state index contributed by atoms with van der Waals surface area (Å²) in [4.78, 5) is 4.74. The van der Waals surface area contributed by atoms with E-state index in [0.717, 1.165) is 33.6 Å². The van der Waals surface area contributed by atoms with Crippen molar-refractivity contribution in [3.05, 3.63) is 213 Å². The maximum Gasteiger partial charge on any atom is 0.0541 e. The molecule has 3 aromatic heterocycles. The molecule has 0 radical (unpaired) electrons. The molecule has 3 heteroatoms. The summed E-state index contributed by atoms with van der Waals surface area (Å²) in [6.45, 7) is 0. The van der Waals surface area contributed by atoms with Crippen LogP contribution in [0.15, 0.2) is 213 Å². The van der Waals surface area contributed by atoms with Crippen LogP contribution in [0, 0.1) is 0 Å². The van der Waals surface area contributed by atoms with Crippen LogP contribution in [0.25, 0.3) is 99.5 Å². The Morgan fingerprint density at radius 1 is 0.250 bits per heavy atom. The summed E-state index contributed by atoms with van der Waals surface area (Å²) in [5.41, 5.74) is 16.3. The number of rotatable bonds is 6. The van der Waals surface area contributed by atoms with Crippen molar-refractivity contribution in [2.24, 2.45) is 0 Å². The first-order valence-electron chi connectivity index (χ1n) is 19.1. The molecule has 0 atom stereocenters. The van der Waals surface area contributed by atoms with Gasteiger partial charge in [0.1, 0.15) is 0 Å². The van der Waals surface area contributed by atoms with Crippen LogP contribution in [0.4, 0.5) is 0 Å². The summed E-state index contributed by atoms with van der Waals surface area (Å²) in [6, 6.07) is 72.3. The quantitative estimate of drug-likeness (QED) is 0.168. The van der Waals surface area contributed by atoms with Crippen LogP contribution in [0.3, 0.4) is 0 Å². The average molecular weight is 714 g/mol. The Morgan fingerprint density at radius 2 is 0.679 bits per heavy atom. The van der Waals surface area contributed by atoms with Crippen LogP contribution >= 0.6 is 0 Å². The molecule has 262 valence electrons. The van der Waals surface area contributed by atoms with Gasteiger partial charge in [-0.3, -0.25) is 4.98 Å². The summed E-state index contributed by atoms with van der Waals surface area (Å²) in [5.74, 6) is 0. The highest BCUT2D eigenvalue weighted by Crippen LogP contribution is 2.38. The van der Waals surface area contributed by atoms with E-state index in [1.807, 2.05) is 12.4 Å². The molecule has 0 aliphatic heterocycles. The maximum absolute atomic E-state index is 4.74. The van der Waals surface area contributed by atoms with Gasteiger partial charge in [-0.1, -0.05) is 133 Å². The number of pyridine rings is 1. The highest BCUT2D eigenvalue weighted by molar-refractivity contribution is 6.12. The van der Waals surface area contributed by atoms with E-state index in [2.05, 4.69) is 209 Å². The predicted octanol–water partition coefficient (Wildman–Crippen LogP) is 13.9. The van der Waals surface area contributed by atoms with E-state index in [1.165, 1.54) is 65.9 Å². The van der Waals surface area contributed by atoms with Gasteiger partial charge in [-0.25, -0.2) is 0 Å². The molecular formula is C53H35N3. The van der Waals surface area contributed by atoms with Crippen LogP contribution in [0.5, 0.6) is 0 Å². The lowest BCUT2D eigenvalue weighted by atomic mass is 10.0. The summed E-state index contributed by atoms with van der Waals surface area (Å²) >= 11 is 0. The molecule has 11 rings (SSSR count). The van der Waals surface area contributed by atoms with Crippen molar-refractivity contribution in [3.63, 3.8) is 0 Å². The SMILES string of the molecule is c1ccc(-c2ccc3c(c2)c2cc(-c4ccccc4)ccc2n3-c2ccc(-c3cncc(-c4cccc(-n5c6ccccc6c6ccccc65)c4)c3)cc2)cc1. The van der Waals surface area contributed by atoms with E-state index in [9.17, 15) is 0 Å². The lowest BCUT2D eigenvalue weighted by Crippen LogP contribution is -1.95. The van der Waals surface area contributed by atoms with E-state index in [-0.39, 0.29) is 0 Å². The van der Waals surface area contributed by atoms with Crippen LogP contribution < -0.4 is 0 Å². The molecule has 0 saturated heterocycles. The van der Waals surface area contributed by atoms with E-state index in [4.69, 9.17) is 4.98 Å². The normalized spacial score (nSPS) is 11.6. The van der Waals surface area contributed by atoms with Gasteiger partial charge >= 0.3 is 0 Å². The first-order chi connectivity index (χ1) is 27.8. The lowest BCUT2D eigenvalue weighted by molar-refractivity contribution is 1.18. The monoisotopic (exact) mass is 713 g/mol. The molecule has 0 amide bonds. The number of para-hydroxylation sites is 2. The summed E-state index contributed by atoms with van der Waals surface area (Å²) in [6.07, 6.45) is 3.93. The highest BCUT2D eigenvalue weighted by atomic mass is 15.0. The summed E-state index contributed by atoms with van der Waals surface area (Å²) < 4.78 is 4.76. The molecule has 56 heavy (non-hydrogen) atoms. The molecule has 11 aromatic rings. The molecule has 0 fully saturated rings. The van der Waals surface area contributed by atoms with Crippen molar-refractivity contribution in [3.8, 4) is 55.9 Å². The number of hydrogen-bond donors (Lipinski definition) is 0. The molecule has 0 bridgehead atoms. The Hall–Kier alpha value is -7.49. The van der Waals surface area contributed by atoms with Gasteiger partial charge in [-0.2, -0.15) is 0 Å². The molecule has 3 heterocycles. The van der Waals surface area contributed by atoms with E-state index in [0.29, 0.717) is 0 Å². The van der Waals surface area contributed by atoms with Gasteiger partial charge < -0.3 is 9.13 Å². The Kier molecular flexibility index (Phi) is 7.49. The van der Waals surface area contributed by atoms with Gasteiger partial charge in [0.15, 0.2) is 0 Å². The van der Waals surface area contributed by atoms with Gasteiger partial charge in [0.2, 0.25) is 0 Å². The third-order valence-corrected chi connectivity index (χ3v) is 11.2. The van der Waals surface area contributed by atoms with Crippen molar-refractivity contribution in [2.75, 3.05) is 0 Å². The Morgan fingerprint density at radius 3 is 1.27 bits per heavy atom. The Bertz CT molecular complexity index is 3080. The van der Waals surface area contributed by atoms with Crippen LogP contribution in [-0.2, 0) is 0 Å². The Labute approximate surface area is 325 Å². The fourth-order valence-electron chi connectivity index (χ4n) is 8.51. The topological polar surface area (TPSA) is 22.8 Å². The van der Waals surface area contributed by atoms with Gasteiger partial charge in [-0.05, 0) is 100 Å². The average Bonchev–Trinajstić information content (AvgIpc) is 3.79. The second-order valence-corrected chi connectivity index (χ2v) is 14.5. The third-order valence-electron chi connectivity index (χ3n) is 11.2. The Balaban J connectivity index is 0.979. The highest BCUT2D eigenvalue weighted by Gasteiger charge is 2.16. The zero-order valence-corrected chi connectivity index (χ0v) is 30.5. The maximum atomic E-state index is 4.74. The van der Waals surface area contributed by atoms with Crippen molar-refractivity contribution in [1.82, 2.24) is 14.1 Å². The minimum Gasteiger partial charge on any atom is -0.309 e. The van der Waals surface area contributed by atoms with Gasteiger partial charge in [-0.15, -0.1) is 0 Å². The smallest absolute Gasteiger partial charge is 0.0541 e. The third kappa shape index (κ3) is 5.32. The molecular weight excluding hydrogens is 679 g/mol. The number of fused-ring (bicyclic) bond motifs is 6. The molecule has 8 aromatic carbocycles. The summed E-state index contributed by atoms with van der Waals surface area (Å²) in [5, 5.41) is 5.00. The zero-order chi connectivity index (χ0) is 37.0. The van der Waals surface area contributed by atoms with E-state index < -0.39 is 0 Å². The van der Waals surface area contributed by atoms with Crippen LogP contribution in [0.2, 0.25) is 0 Å². The minimum atomic E-state index is 1.08. The second kappa shape index (κ2) is 13.1. The minimum absolute atomic E-state index is 1.08. The number of aromatic nitrogens is 3. The standard InChI is InChI=1S/C53H35N3/c1-3-12-36(13-4-1)40-24-28-52-48(32-40)49-33-41(37-14-5-2-6-15-37)25-29-53(49)55(52)44-26-22-38(23-27-44)42-30-43(35-54-34-42)39-16-11-17-45(31-39)56-50-20-9-7-18-46(50)47-19-8-10-21-51(47)56/h1-35H. The van der Waals surface area contributed by atoms with Gasteiger partial charge in [0.25, 0.3) is 0 Å². The van der Waals surface area contributed by atoms with Crippen molar-refractivity contribution >= 4 is 43.6 Å². The molecule has 0 unspecified atom stereocenters. The van der Waals surface area contributed by atoms with Crippen molar-refractivity contribution in [1.29, 1.82) is 0 Å². The summed E-state index contributed by atoms with van der Waals surface area (Å²) in [7, 11) is 0. The number of hydrogen-bond acceptors (Lipinski definition) is 1. The largest absolute Gasteiger partial charge is 0.309 e. The molecule has 0 saturated carbocycles. The number of benzene rings is 8. The molecule has 0 aliphatic rings. The van der Waals surface area contributed by atoms with E-state index >= 15 is 0 Å². The second-order valence-electron chi connectivity index (χ2n) is 14.5. The molecule has 0 aliphatic carbocycles. The van der Waals surface area contributed by atoms with E-state index in [1.54, 1.807) is 0 Å². The number of nitrogens with zero attached hydrogens (tertiary/aromatic N) is 3. The fraction of sp³-hybridized carbons (Fsp3) is 0. The van der Waals surface area contributed by atoms with Crippen LogP contribution in [0.1, 0.15) is 0 Å². The molecule has 0 spiro atoms.